The van der Waals surface area contributed by atoms with Crippen molar-refractivity contribution in [1.29, 1.82) is 0 Å². The molecule has 20 heavy (non-hydrogen) atoms. The number of fused-ring (bicyclic) bond motifs is 1. The second-order valence-corrected chi connectivity index (χ2v) is 4.30. The van der Waals surface area contributed by atoms with Gasteiger partial charge in [-0.05, 0) is 18.2 Å². The first-order valence-corrected chi connectivity index (χ1v) is 6.06. The van der Waals surface area contributed by atoms with E-state index in [-0.39, 0.29) is 5.15 Å². The van der Waals surface area contributed by atoms with Gasteiger partial charge in [0.25, 0.3) is 0 Å². The van der Waals surface area contributed by atoms with Crippen LogP contribution in [-0.4, -0.2) is 30.3 Å². The molecule has 104 valence electrons. The zero-order valence-electron chi connectivity index (χ0n) is 10.9. The van der Waals surface area contributed by atoms with Gasteiger partial charge in [0.2, 0.25) is 0 Å². The molecule has 0 atom stereocenters. The van der Waals surface area contributed by atoms with E-state index in [1.54, 1.807) is 25.3 Å². The number of aliphatic carboxylic acids is 1. The van der Waals surface area contributed by atoms with Crippen molar-refractivity contribution in [2.45, 2.75) is 0 Å². The van der Waals surface area contributed by atoms with Gasteiger partial charge in [0.15, 0.2) is 0 Å². The van der Waals surface area contributed by atoms with Gasteiger partial charge in [0.05, 0.1) is 14.2 Å². The van der Waals surface area contributed by atoms with E-state index in [0.29, 0.717) is 22.6 Å². The number of hydrogen-bond acceptors (Lipinski definition) is 4. The monoisotopic (exact) mass is 293 g/mol. The molecular weight excluding hydrogens is 282 g/mol. The summed E-state index contributed by atoms with van der Waals surface area (Å²) in [4.78, 5) is 14.8. The lowest BCUT2D eigenvalue weighted by molar-refractivity contribution is -0.131. The van der Waals surface area contributed by atoms with Crippen LogP contribution in [0, 0.1) is 0 Å². The number of carbonyl (C=O) groups is 1. The van der Waals surface area contributed by atoms with Gasteiger partial charge in [-0.2, -0.15) is 0 Å². The minimum absolute atomic E-state index is 0.207. The van der Waals surface area contributed by atoms with Crippen LogP contribution in [-0.2, 0) is 4.79 Å². The number of benzene rings is 1. The van der Waals surface area contributed by atoms with Crippen LogP contribution in [0.2, 0.25) is 5.15 Å². The van der Waals surface area contributed by atoms with Crippen LogP contribution < -0.4 is 9.47 Å². The SMILES string of the molecule is COc1cc(OC)c2nc(Cl)c(/C=C/C(=O)O)cc2c1. The van der Waals surface area contributed by atoms with Crippen LogP contribution in [0.1, 0.15) is 5.56 Å². The molecule has 0 saturated heterocycles. The van der Waals surface area contributed by atoms with Crippen molar-refractivity contribution in [2.24, 2.45) is 0 Å². The van der Waals surface area contributed by atoms with Crippen LogP contribution in [0.15, 0.2) is 24.3 Å². The minimum Gasteiger partial charge on any atom is -0.497 e. The molecule has 0 aliphatic heterocycles. The molecule has 0 spiro atoms. The van der Waals surface area contributed by atoms with Crippen molar-refractivity contribution in [3.8, 4) is 11.5 Å². The third-order valence-corrected chi connectivity index (χ3v) is 3.00. The summed E-state index contributed by atoms with van der Waals surface area (Å²) < 4.78 is 10.4. The number of carboxylic acids is 1. The standard InChI is InChI=1S/C14H12ClNO4/c1-19-10-6-9-5-8(3-4-12(17)18)14(15)16-13(9)11(7-10)20-2/h3-7H,1-2H3,(H,17,18)/b4-3+. The molecule has 6 heteroatoms. The Hall–Kier alpha value is -2.27. The van der Waals surface area contributed by atoms with Gasteiger partial charge >= 0.3 is 5.97 Å². The lowest BCUT2D eigenvalue weighted by Gasteiger charge is -2.09. The Morgan fingerprint density at radius 1 is 1.30 bits per heavy atom. The van der Waals surface area contributed by atoms with E-state index in [4.69, 9.17) is 26.2 Å². The van der Waals surface area contributed by atoms with Crippen molar-refractivity contribution in [1.82, 2.24) is 4.98 Å². The average molecular weight is 294 g/mol. The molecule has 1 N–H and O–H groups in total. The van der Waals surface area contributed by atoms with Gasteiger partial charge in [-0.1, -0.05) is 11.6 Å². The second kappa shape index (κ2) is 5.79. The molecule has 1 aromatic carbocycles. The molecule has 2 aromatic rings. The number of halogens is 1. The Balaban J connectivity index is 2.65. The maximum Gasteiger partial charge on any atom is 0.328 e. The van der Waals surface area contributed by atoms with Crippen molar-refractivity contribution in [3.63, 3.8) is 0 Å². The van der Waals surface area contributed by atoms with Crippen molar-refractivity contribution in [2.75, 3.05) is 14.2 Å². The summed E-state index contributed by atoms with van der Waals surface area (Å²) in [5.74, 6) is 0.103. The van der Waals surface area contributed by atoms with Crippen LogP contribution in [0.3, 0.4) is 0 Å². The number of rotatable bonds is 4. The molecule has 0 bridgehead atoms. The summed E-state index contributed by atoms with van der Waals surface area (Å²) in [5.41, 5.74) is 1.10. The summed E-state index contributed by atoms with van der Waals surface area (Å²) in [7, 11) is 3.08. The highest BCUT2D eigenvalue weighted by molar-refractivity contribution is 6.31. The van der Waals surface area contributed by atoms with Crippen molar-refractivity contribution in [3.05, 3.63) is 35.0 Å². The lowest BCUT2D eigenvalue weighted by Crippen LogP contribution is -1.93. The van der Waals surface area contributed by atoms with Gasteiger partial charge < -0.3 is 14.6 Å². The topological polar surface area (TPSA) is 68.7 Å². The Morgan fingerprint density at radius 3 is 2.65 bits per heavy atom. The zero-order valence-corrected chi connectivity index (χ0v) is 11.6. The number of aromatic nitrogens is 1. The normalized spacial score (nSPS) is 10.9. The van der Waals surface area contributed by atoms with Gasteiger partial charge in [-0.3, -0.25) is 0 Å². The average Bonchev–Trinajstić information content (AvgIpc) is 2.43. The van der Waals surface area contributed by atoms with E-state index in [2.05, 4.69) is 4.98 Å². The van der Waals surface area contributed by atoms with Crippen molar-refractivity contribution >= 4 is 34.5 Å². The molecule has 0 saturated carbocycles. The molecule has 0 amide bonds. The van der Waals surface area contributed by atoms with Gasteiger partial charge in [0, 0.05) is 23.1 Å². The van der Waals surface area contributed by atoms with Gasteiger partial charge in [-0.15, -0.1) is 0 Å². The smallest absolute Gasteiger partial charge is 0.328 e. The number of ether oxygens (including phenoxy) is 2. The summed E-state index contributed by atoms with van der Waals surface area (Å²) in [5, 5.41) is 9.61. The molecular formula is C14H12ClNO4. The summed E-state index contributed by atoms with van der Waals surface area (Å²) >= 11 is 6.05. The third kappa shape index (κ3) is 2.83. The first-order valence-electron chi connectivity index (χ1n) is 5.68. The van der Waals surface area contributed by atoms with Crippen LogP contribution in [0.4, 0.5) is 0 Å². The van der Waals surface area contributed by atoms with Crippen LogP contribution in [0.25, 0.3) is 17.0 Å². The fraction of sp³-hybridized carbons (Fsp3) is 0.143. The molecule has 1 heterocycles. The molecule has 0 aliphatic carbocycles. The first-order chi connectivity index (χ1) is 9.55. The third-order valence-electron chi connectivity index (χ3n) is 2.70. The van der Waals surface area contributed by atoms with E-state index in [1.165, 1.54) is 13.2 Å². The summed E-state index contributed by atoms with van der Waals surface area (Å²) in [6.45, 7) is 0. The number of nitrogens with zero attached hydrogens (tertiary/aromatic N) is 1. The molecule has 0 fully saturated rings. The fourth-order valence-electron chi connectivity index (χ4n) is 1.77. The Labute approximate surface area is 120 Å². The highest BCUT2D eigenvalue weighted by atomic mass is 35.5. The molecule has 2 rings (SSSR count). The molecule has 1 aromatic heterocycles. The maximum atomic E-state index is 10.6. The molecule has 0 aliphatic rings. The van der Waals surface area contributed by atoms with E-state index < -0.39 is 5.97 Å². The zero-order chi connectivity index (χ0) is 14.7. The number of pyridine rings is 1. The predicted octanol–water partition coefficient (Wildman–Crippen LogP) is 3.00. The minimum atomic E-state index is -1.05. The summed E-state index contributed by atoms with van der Waals surface area (Å²) in [6.07, 6.45) is 2.40. The Morgan fingerprint density at radius 2 is 2.05 bits per heavy atom. The maximum absolute atomic E-state index is 10.6. The van der Waals surface area contributed by atoms with E-state index in [0.717, 1.165) is 11.5 Å². The number of methoxy groups -OCH3 is 2. The highest BCUT2D eigenvalue weighted by Crippen LogP contribution is 2.32. The number of carboxylic acid groups (broad SMARTS) is 1. The van der Waals surface area contributed by atoms with E-state index in [1.807, 2.05) is 0 Å². The largest absolute Gasteiger partial charge is 0.497 e. The number of hydrogen-bond donors (Lipinski definition) is 1. The van der Waals surface area contributed by atoms with Crippen molar-refractivity contribution < 1.29 is 19.4 Å². The molecule has 0 radical (unpaired) electrons. The lowest BCUT2D eigenvalue weighted by atomic mass is 10.1. The van der Waals surface area contributed by atoms with Gasteiger partial charge in [0.1, 0.15) is 22.2 Å². The molecule has 0 unspecified atom stereocenters. The van der Waals surface area contributed by atoms with E-state index >= 15 is 0 Å². The second-order valence-electron chi connectivity index (χ2n) is 3.94. The quantitative estimate of drug-likeness (QED) is 0.693. The van der Waals surface area contributed by atoms with Crippen LogP contribution >= 0.6 is 11.6 Å². The summed E-state index contributed by atoms with van der Waals surface area (Å²) in [6, 6.07) is 5.22. The van der Waals surface area contributed by atoms with Gasteiger partial charge in [-0.25, -0.2) is 9.78 Å². The fourth-order valence-corrected chi connectivity index (χ4v) is 1.98. The van der Waals surface area contributed by atoms with E-state index in [9.17, 15) is 4.79 Å². The highest BCUT2D eigenvalue weighted by Gasteiger charge is 2.10. The Kier molecular flexibility index (Phi) is 4.10. The Bertz CT molecular complexity index is 697. The predicted molar refractivity (Wildman–Crippen MR) is 76.5 cm³/mol. The first kappa shape index (κ1) is 14.1. The van der Waals surface area contributed by atoms with Crippen LogP contribution in [0.5, 0.6) is 11.5 Å². The molecule has 5 nitrogen and oxygen atoms in total.